The molecule has 0 saturated heterocycles. The number of aromatic hydroxyl groups is 1. The van der Waals surface area contributed by atoms with E-state index in [1.54, 1.807) is 12.1 Å². The number of hydrogen-bond donors (Lipinski definition) is 2. The van der Waals surface area contributed by atoms with Crippen LogP contribution < -0.4 is 0 Å². The van der Waals surface area contributed by atoms with Gasteiger partial charge in [0.15, 0.2) is 0 Å². The summed E-state index contributed by atoms with van der Waals surface area (Å²) < 4.78 is 0. The number of H-pyrrole nitrogens is 1. The van der Waals surface area contributed by atoms with Gasteiger partial charge < -0.3 is 10.1 Å². The summed E-state index contributed by atoms with van der Waals surface area (Å²) in [6.07, 6.45) is 26.7. The molecule has 0 saturated carbocycles. The monoisotopic (exact) mass is 468 g/mol. The van der Waals surface area contributed by atoms with E-state index in [0.29, 0.717) is 5.75 Å². The van der Waals surface area contributed by atoms with Crippen molar-refractivity contribution in [2.24, 2.45) is 0 Å². The topological polar surface area (TPSA) is 48.9 Å². The summed E-state index contributed by atoms with van der Waals surface area (Å²) in [5.74, 6) is 1.26. The molecule has 2 rings (SSSR count). The zero-order valence-corrected chi connectivity index (χ0v) is 22.3. The second kappa shape index (κ2) is 18.5. The third-order valence-electron chi connectivity index (χ3n) is 7.05. The summed E-state index contributed by atoms with van der Waals surface area (Å²) in [6.45, 7) is 4.57. The third-order valence-corrected chi connectivity index (χ3v) is 7.05. The van der Waals surface area contributed by atoms with Gasteiger partial charge in [-0.15, -0.1) is 0 Å². The molecule has 3 heteroatoms. The van der Waals surface area contributed by atoms with Gasteiger partial charge in [-0.1, -0.05) is 117 Å². The summed E-state index contributed by atoms with van der Waals surface area (Å²) in [6, 6.07) is 7.41. The van der Waals surface area contributed by atoms with Crippen molar-refractivity contribution in [1.82, 2.24) is 9.97 Å². The van der Waals surface area contributed by atoms with Crippen molar-refractivity contribution in [2.45, 2.75) is 142 Å². The van der Waals surface area contributed by atoms with E-state index in [0.717, 1.165) is 24.2 Å². The number of aryl methyl sites for hydroxylation is 2. The summed E-state index contributed by atoms with van der Waals surface area (Å²) in [5, 5.41) is 9.63. The highest BCUT2D eigenvalue weighted by Crippen LogP contribution is 2.23. The first kappa shape index (κ1) is 28.5. The fourth-order valence-electron chi connectivity index (χ4n) is 4.83. The van der Waals surface area contributed by atoms with Crippen molar-refractivity contribution in [3.05, 3.63) is 35.7 Å². The molecule has 0 spiro atoms. The number of phenols is 1. The number of unbranched alkanes of at least 4 members (excludes halogenated alkanes) is 16. The van der Waals surface area contributed by atoms with Gasteiger partial charge in [0.05, 0.1) is 5.69 Å². The molecule has 0 amide bonds. The lowest BCUT2D eigenvalue weighted by atomic mass is 10.0. The second-order valence-electron chi connectivity index (χ2n) is 10.2. The molecule has 1 heterocycles. The Labute approximate surface area is 210 Å². The van der Waals surface area contributed by atoms with E-state index in [9.17, 15) is 5.11 Å². The maximum atomic E-state index is 9.63. The second-order valence-corrected chi connectivity index (χ2v) is 10.2. The van der Waals surface area contributed by atoms with Crippen LogP contribution in [-0.2, 0) is 12.8 Å². The smallest absolute Gasteiger partial charge is 0.137 e. The van der Waals surface area contributed by atoms with Crippen LogP contribution >= 0.6 is 0 Å². The van der Waals surface area contributed by atoms with Gasteiger partial charge in [0.1, 0.15) is 11.6 Å². The molecule has 1 aromatic heterocycles. The van der Waals surface area contributed by atoms with Crippen LogP contribution in [0.25, 0.3) is 11.4 Å². The molecule has 0 radical (unpaired) electrons. The minimum absolute atomic E-state index is 0.306. The predicted octanol–water partition coefficient (Wildman–Crippen LogP) is 9.93. The normalized spacial score (nSPS) is 11.4. The molecule has 0 fully saturated rings. The highest BCUT2D eigenvalue weighted by atomic mass is 16.3. The van der Waals surface area contributed by atoms with Crippen molar-refractivity contribution >= 4 is 0 Å². The number of benzene rings is 1. The first-order chi connectivity index (χ1) is 16.7. The largest absolute Gasteiger partial charge is 0.508 e. The molecular weight excluding hydrogens is 416 g/mol. The van der Waals surface area contributed by atoms with Gasteiger partial charge in [-0.05, 0) is 49.9 Å². The van der Waals surface area contributed by atoms with Crippen LogP contribution in [0.3, 0.4) is 0 Å². The fourth-order valence-corrected chi connectivity index (χ4v) is 4.83. The van der Waals surface area contributed by atoms with Gasteiger partial charge in [0.2, 0.25) is 0 Å². The summed E-state index contributed by atoms with van der Waals surface area (Å²) in [5.41, 5.74) is 3.67. The minimum Gasteiger partial charge on any atom is -0.508 e. The number of imidazole rings is 1. The van der Waals surface area contributed by atoms with Gasteiger partial charge in [0, 0.05) is 11.3 Å². The van der Waals surface area contributed by atoms with Crippen molar-refractivity contribution in [1.29, 1.82) is 0 Å². The Kier molecular flexibility index (Phi) is 15.5. The third kappa shape index (κ3) is 12.1. The average Bonchev–Trinajstić information content (AvgIpc) is 3.25. The Morgan fingerprint density at radius 2 is 1.03 bits per heavy atom. The molecule has 2 N–H and O–H groups in total. The molecule has 0 aliphatic carbocycles. The first-order valence-corrected chi connectivity index (χ1v) is 14.6. The number of nitrogens with zero attached hydrogens (tertiary/aromatic N) is 1. The van der Waals surface area contributed by atoms with Gasteiger partial charge in [0.25, 0.3) is 0 Å². The molecule has 0 aliphatic heterocycles. The Morgan fingerprint density at radius 3 is 1.53 bits per heavy atom. The Bertz CT molecular complexity index is 695. The van der Waals surface area contributed by atoms with E-state index < -0.39 is 0 Å². The molecule has 2 aromatic rings. The van der Waals surface area contributed by atoms with Crippen LogP contribution in [0.4, 0.5) is 0 Å². The molecular formula is C31H52N2O. The van der Waals surface area contributed by atoms with Gasteiger partial charge in [-0.25, -0.2) is 4.98 Å². The zero-order valence-electron chi connectivity index (χ0n) is 22.3. The Hall–Kier alpha value is -1.77. The van der Waals surface area contributed by atoms with Crippen molar-refractivity contribution in [2.75, 3.05) is 0 Å². The number of aromatic nitrogens is 2. The quantitative estimate of drug-likeness (QED) is 0.179. The minimum atomic E-state index is 0.306. The van der Waals surface area contributed by atoms with Crippen LogP contribution in [0.15, 0.2) is 24.3 Å². The van der Waals surface area contributed by atoms with Crippen LogP contribution in [0, 0.1) is 0 Å². The maximum Gasteiger partial charge on any atom is 0.137 e. The van der Waals surface area contributed by atoms with Gasteiger partial charge >= 0.3 is 0 Å². The van der Waals surface area contributed by atoms with Crippen LogP contribution in [0.5, 0.6) is 5.75 Å². The summed E-state index contributed by atoms with van der Waals surface area (Å²) in [7, 11) is 0. The summed E-state index contributed by atoms with van der Waals surface area (Å²) >= 11 is 0. The Balaban J connectivity index is 1.77. The SMILES string of the molecule is CCCCCCCCCCCc1nc(-c2ccc(O)cc2)[nH]c1CCCCCCCCCCC. The van der Waals surface area contributed by atoms with Crippen molar-refractivity contribution in [3.8, 4) is 17.1 Å². The molecule has 192 valence electrons. The van der Waals surface area contributed by atoms with Gasteiger partial charge in [-0.2, -0.15) is 0 Å². The van der Waals surface area contributed by atoms with E-state index in [-0.39, 0.29) is 0 Å². The lowest BCUT2D eigenvalue weighted by Gasteiger charge is -2.05. The number of nitrogens with one attached hydrogen (secondary N) is 1. The van der Waals surface area contributed by atoms with E-state index >= 15 is 0 Å². The van der Waals surface area contributed by atoms with E-state index in [1.165, 1.54) is 127 Å². The van der Waals surface area contributed by atoms with Crippen LogP contribution in [-0.4, -0.2) is 15.1 Å². The lowest BCUT2D eigenvalue weighted by molar-refractivity contribution is 0.475. The molecule has 34 heavy (non-hydrogen) atoms. The molecule has 0 atom stereocenters. The van der Waals surface area contributed by atoms with Crippen LogP contribution in [0.1, 0.15) is 141 Å². The van der Waals surface area contributed by atoms with Gasteiger partial charge in [-0.3, -0.25) is 0 Å². The maximum absolute atomic E-state index is 9.63. The zero-order chi connectivity index (χ0) is 24.3. The Morgan fingerprint density at radius 1 is 0.588 bits per heavy atom. The lowest BCUT2D eigenvalue weighted by Crippen LogP contribution is -1.95. The molecule has 3 nitrogen and oxygen atoms in total. The van der Waals surface area contributed by atoms with E-state index in [2.05, 4.69) is 18.8 Å². The average molecular weight is 469 g/mol. The van der Waals surface area contributed by atoms with E-state index in [4.69, 9.17) is 4.98 Å². The number of rotatable bonds is 21. The highest BCUT2D eigenvalue weighted by molar-refractivity contribution is 5.57. The summed E-state index contributed by atoms with van der Waals surface area (Å²) in [4.78, 5) is 8.63. The number of phenolic OH excluding ortho intramolecular Hbond substituents is 1. The molecule has 0 bridgehead atoms. The standard InChI is InChI=1S/C31H52N2O/c1-3-5-7-9-11-13-15-17-19-21-29-30(22-20-18-16-14-12-10-8-6-4-2)33-31(32-29)27-23-25-28(34)26-24-27/h23-26,34H,3-22H2,1-2H3,(H,32,33). The number of hydrogen-bond acceptors (Lipinski definition) is 2. The van der Waals surface area contributed by atoms with Crippen LogP contribution in [0.2, 0.25) is 0 Å². The predicted molar refractivity (Wildman–Crippen MR) is 148 cm³/mol. The first-order valence-electron chi connectivity index (χ1n) is 14.6. The highest BCUT2D eigenvalue weighted by Gasteiger charge is 2.12. The van der Waals surface area contributed by atoms with E-state index in [1.807, 2.05) is 12.1 Å². The molecule has 0 aliphatic rings. The molecule has 1 aromatic carbocycles. The van der Waals surface area contributed by atoms with Crippen molar-refractivity contribution < 1.29 is 5.11 Å². The van der Waals surface area contributed by atoms with Crippen molar-refractivity contribution in [3.63, 3.8) is 0 Å². The number of aromatic amines is 1. The fraction of sp³-hybridized carbons (Fsp3) is 0.710. The molecule has 0 unspecified atom stereocenters.